The smallest absolute Gasteiger partial charge is 0.243 e. The van der Waals surface area contributed by atoms with Crippen molar-refractivity contribution in [1.82, 2.24) is 16.0 Å². The number of hydrogen-bond acceptors (Lipinski definition) is 6. The van der Waals surface area contributed by atoms with Crippen molar-refractivity contribution in [2.45, 2.75) is 76.6 Å². The number of methoxy groups -OCH3 is 1. The second kappa shape index (κ2) is 12.5. The zero-order valence-electron chi connectivity index (χ0n) is 20.6. The van der Waals surface area contributed by atoms with Crippen molar-refractivity contribution in [1.29, 1.82) is 0 Å². The number of ketones is 1. The van der Waals surface area contributed by atoms with Crippen molar-refractivity contribution in [2.75, 3.05) is 13.7 Å². The van der Waals surface area contributed by atoms with E-state index in [4.69, 9.17) is 9.47 Å². The van der Waals surface area contributed by atoms with Crippen LogP contribution in [0.15, 0.2) is 35.9 Å². The van der Waals surface area contributed by atoms with E-state index < -0.39 is 36.0 Å². The lowest BCUT2D eigenvalue weighted by Crippen LogP contribution is -2.56. The molecular weight excluding hydrogens is 450 g/mol. The van der Waals surface area contributed by atoms with Crippen LogP contribution in [0.25, 0.3) is 0 Å². The highest BCUT2D eigenvalue weighted by Crippen LogP contribution is 2.24. The van der Waals surface area contributed by atoms with Crippen molar-refractivity contribution in [3.05, 3.63) is 41.5 Å². The Balaban J connectivity index is 1.76. The molecule has 0 radical (unpaired) electrons. The first-order chi connectivity index (χ1) is 16.8. The fraction of sp³-hybridized carbons (Fsp3) is 0.538. The van der Waals surface area contributed by atoms with Gasteiger partial charge in [0, 0.05) is 13.3 Å². The third kappa shape index (κ3) is 8.20. The summed E-state index contributed by atoms with van der Waals surface area (Å²) in [4.78, 5) is 50.4. The largest absolute Gasteiger partial charge is 0.497 e. The molecule has 1 aliphatic heterocycles. The average Bonchev–Trinajstić information content (AvgIpc) is 3.69. The maximum atomic E-state index is 13.4. The number of rotatable bonds is 12. The maximum Gasteiger partial charge on any atom is 0.243 e. The van der Waals surface area contributed by atoms with Gasteiger partial charge in [0.2, 0.25) is 17.7 Å². The van der Waals surface area contributed by atoms with E-state index in [0.29, 0.717) is 18.8 Å². The van der Waals surface area contributed by atoms with Crippen LogP contribution < -0.4 is 20.7 Å². The van der Waals surface area contributed by atoms with Crippen LogP contribution in [0.1, 0.15) is 51.5 Å². The van der Waals surface area contributed by atoms with Crippen molar-refractivity contribution in [2.24, 2.45) is 0 Å². The lowest BCUT2D eigenvalue weighted by atomic mass is 9.92. The molecule has 9 heteroatoms. The number of allylic oxidation sites excluding steroid dienone is 1. The summed E-state index contributed by atoms with van der Waals surface area (Å²) in [5, 5.41) is 8.14. The van der Waals surface area contributed by atoms with Crippen LogP contribution >= 0.6 is 0 Å². The first kappa shape index (κ1) is 26.4. The molecule has 2 aliphatic rings. The zero-order valence-corrected chi connectivity index (χ0v) is 20.6. The van der Waals surface area contributed by atoms with Gasteiger partial charge in [-0.1, -0.05) is 23.8 Å². The number of benzene rings is 1. The van der Waals surface area contributed by atoms with Gasteiger partial charge in [-0.3, -0.25) is 19.2 Å². The standard InChI is InChI=1S/C26H35N3O6/c1-16(27-17(2)30)25(32)29-22(14-19-9-11-20(34-3)12-10-19)26(33)28-21(24(31)23-15-35-23)13-18-7-5-4-6-8-18/h7,9-12,16,21-23H,4-6,8,13-15H2,1-3H3,(H,27,30)(H,28,33)(H,29,32)/t16-,21+,22+,23-/m1/s1. The Morgan fingerprint density at radius 3 is 2.26 bits per heavy atom. The Labute approximate surface area is 206 Å². The lowest BCUT2D eigenvalue weighted by molar-refractivity contribution is -0.133. The molecule has 1 aromatic rings. The monoisotopic (exact) mass is 485 g/mol. The normalized spacial score (nSPS) is 19.4. The molecule has 3 N–H and O–H groups in total. The molecule has 190 valence electrons. The Kier molecular flexibility index (Phi) is 9.42. The van der Waals surface area contributed by atoms with Gasteiger partial charge in [0.25, 0.3) is 0 Å². The molecule has 3 rings (SSSR count). The summed E-state index contributed by atoms with van der Waals surface area (Å²) >= 11 is 0. The lowest BCUT2D eigenvalue weighted by Gasteiger charge is -2.25. The summed E-state index contributed by atoms with van der Waals surface area (Å²) in [6, 6.07) is 4.71. The number of amides is 3. The number of Topliss-reactive ketones (excluding diaryl/α,β-unsaturated/α-hetero) is 1. The fourth-order valence-corrected chi connectivity index (χ4v) is 4.16. The Morgan fingerprint density at radius 2 is 1.69 bits per heavy atom. The molecule has 0 aromatic heterocycles. The quantitative estimate of drug-likeness (QED) is 0.305. The molecule has 35 heavy (non-hydrogen) atoms. The van der Waals surface area contributed by atoms with E-state index >= 15 is 0 Å². The number of epoxide rings is 1. The van der Waals surface area contributed by atoms with Crippen molar-refractivity contribution in [3.63, 3.8) is 0 Å². The maximum absolute atomic E-state index is 13.4. The highest BCUT2D eigenvalue weighted by atomic mass is 16.6. The molecule has 0 spiro atoms. The summed E-state index contributed by atoms with van der Waals surface area (Å²) < 4.78 is 10.4. The van der Waals surface area contributed by atoms with Crippen LogP contribution in [0.5, 0.6) is 5.75 Å². The predicted octanol–water partition coefficient (Wildman–Crippen LogP) is 1.59. The zero-order chi connectivity index (χ0) is 25.4. The van der Waals surface area contributed by atoms with E-state index in [0.717, 1.165) is 36.8 Å². The number of hydrogen-bond donors (Lipinski definition) is 3. The van der Waals surface area contributed by atoms with Gasteiger partial charge in [-0.25, -0.2) is 0 Å². The highest BCUT2D eigenvalue weighted by Gasteiger charge is 2.38. The minimum absolute atomic E-state index is 0.147. The first-order valence-electron chi connectivity index (χ1n) is 12.1. The van der Waals surface area contributed by atoms with E-state index in [1.165, 1.54) is 6.92 Å². The van der Waals surface area contributed by atoms with Gasteiger partial charge in [0.15, 0.2) is 5.78 Å². The Bertz CT molecular complexity index is 954. The minimum Gasteiger partial charge on any atom is -0.497 e. The van der Waals surface area contributed by atoms with Gasteiger partial charge in [0.1, 0.15) is 23.9 Å². The SMILES string of the molecule is COc1ccc(C[C@H](NC(=O)[C@@H](C)NC(C)=O)C(=O)N[C@@H](CC2=CCCCC2)C(=O)[C@H]2CO2)cc1. The van der Waals surface area contributed by atoms with E-state index in [1.54, 1.807) is 26.2 Å². The summed E-state index contributed by atoms with van der Waals surface area (Å²) in [5.41, 5.74) is 1.97. The molecule has 1 aliphatic carbocycles. The van der Waals surface area contributed by atoms with Gasteiger partial charge in [-0.05, 0) is 56.7 Å². The molecule has 0 bridgehead atoms. The third-order valence-corrected chi connectivity index (χ3v) is 6.21. The van der Waals surface area contributed by atoms with Crippen LogP contribution in [0, 0.1) is 0 Å². The number of carbonyl (C=O) groups excluding carboxylic acids is 4. The van der Waals surface area contributed by atoms with Crippen molar-refractivity contribution < 1.29 is 28.7 Å². The summed E-state index contributed by atoms with van der Waals surface area (Å²) in [7, 11) is 1.57. The molecule has 1 heterocycles. The van der Waals surface area contributed by atoms with E-state index in [9.17, 15) is 19.2 Å². The molecule has 3 amide bonds. The van der Waals surface area contributed by atoms with Gasteiger partial charge in [-0.15, -0.1) is 0 Å². The molecule has 0 saturated carbocycles. The topological polar surface area (TPSA) is 126 Å². The van der Waals surface area contributed by atoms with Crippen molar-refractivity contribution in [3.8, 4) is 5.75 Å². The predicted molar refractivity (Wildman–Crippen MR) is 130 cm³/mol. The Hall–Kier alpha value is -3.20. The molecule has 1 aromatic carbocycles. The molecule has 1 fully saturated rings. The van der Waals surface area contributed by atoms with Crippen LogP contribution in [0.2, 0.25) is 0 Å². The number of nitrogens with one attached hydrogen (secondary N) is 3. The van der Waals surface area contributed by atoms with E-state index in [1.807, 2.05) is 12.1 Å². The minimum atomic E-state index is -0.942. The summed E-state index contributed by atoms with van der Waals surface area (Å²) in [5.74, 6) is -0.767. The van der Waals surface area contributed by atoms with Crippen LogP contribution in [0.4, 0.5) is 0 Å². The van der Waals surface area contributed by atoms with Crippen LogP contribution in [-0.2, 0) is 30.3 Å². The fourth-order valence-electron chi connectivity index (χ4n) is 4.16. The Morgan fingerprint density at radius 1 is 1.00 bits per heavy atom. The number of carbonyl (C=O) groups is 4. The van der Waals surface area contributed by atoms with Crippen molar-refractivity contribution >= 4 is 23.5 Å². The summed E-state index contributed by atoms with van der Waals surface area (Å²) in [6.07, 6.45) is 6.38. The van der Waals surface area contributed by atoms with E-state index in [2.05, 4.69) is 22.0 Å². The van der Waals surface area contributed by atoms with Gasteiger partial charge in [0.05, 0.1) is 19.8 Å². The molecular formula is C26H35N3O6. The third-order valence-electron chi connectivity index (χ3n) is 6.21. The average molecular weight is 486 g/mol. The molecule has 9 nitrogen and oxygen atoms in total. The van der Waals surface area contributed by atoms with Gasteiger partial charge >= 0.3 is 0 Å². The van der Waals surface area contributed by atoms with Gasteiger partial charge < -0.3 is 25.4 Å². The second-order valence-electron chi connectivity index (χ2n) is 9.13. The molecule has 1 saturated heterocycles. The van der Waals surface area contributed by atoms with E-state index in [-0.39, 0.29) is 18.1 Å². The van der Waals surface area contributed by atoms with Crippen LogP contribution in [-0.4, -0.2) is 61.5 Å². The summed E-state index contributed by atoms with van der Waals surface area (Å²) in [6.45, 7) is 3.23. The highest BCUT2D eigenvalue weighted by molar-refractivity contribution is 5.96. The number of ether oxygens (including phenoxy) is 2. The second-order valence-corrected chi connectivity index (χ2v) is 9.13. The molecule has 0 unspecified atom stereocenters. The molecule has 4 atom stereocenters. The first-order valence-corrected chi connectivity index (χ1v) is 12.1. The van der Waals surface area contributed by atoms with Gasteiger partial charge in [-0.2, -0.15) is 0 Å². The van der Waals surface area contributed by atoms with Crippen LogP contribution in [0.3, 0.4) is 0 Å².